The summed E-state index contributed by atoms with van der Waals surface area (Å²) >= 11 is 6.05. The summed E-state index contributed by atoms with van der Waals surface area (Å²) in [6.07, 6.45) is 3.78. The Hall–Kier alpha value is -2.80. The average Bonchev–Trinajstić information content (AvgIpc) is 3.56. The van der Waals surface area contributed by atoms with Gasteiger partial charge in [-0.15, -0.1) is 0 Å². The molecule has 2 aromatic rings. The average molecular weight is 415 g/mol. The minimum Gasteiger partial charge on any atom is -0.452 e. The second-order valence-corrected chi connectivity index (χ2v) is 7.71. The molecule has 1 amide bonds. The van der Waals surface area contributed by atoms with Crippen molar-refractivity contribution in [2.45, 2.75) is 18.9 Å². The maximum Gasteiger partial charge on any atom is 0.340 e. The number of amides is 1. The Morgan fingerprint density at radius 3 is 2.59 bits per heavy atom. The molecule has 0 atom stereocenters. The number of nitrogens with one attached hydrogen (secondary N) is 1. The van der Waals surface area contributed by atoms with Gasteiger partial charge in [0.05, 0.1) is 5.56 Å². The molecule has 0 radical (unpaired) electrons. The van der Waals surface area contributed by atoms with Crippen molar-refractivity contribution in [1.29, 1.82) is 0 Å². The van der Waals surface area contributed by atoms with Gasteiger partial charge in [-0.3, -0.25) is 4.79 Å². The fraction of sp³-hybridized carbons (Fsp3) is 0.381. The maximum absolute atomic E-state index is 12.4. The highest BCUT2D eigenvalue weighted by molar-refractivity contribution is 6.30. The van der Waals surface area contributed by atoms with Crippen LogP contribution in [-0.2, 0) is 9.53 Å². The quantitative estimate of drug-likeness (QED) is 0.732. The third kappa shape index (κ3) is 5.17. The molecule has 0 bridgehead atoms. The normalized spacial score (nSPS) is 16.4. The zero-order chi connectivity index (χ0) is 20.2. The van der Waals surface area contributed by atoms with Crippen molar-refractivity contribution in [3.05, 3.63) is 53.2 Å². The summed E-state index contributed by atoms with van der Waals surface area (Å²) in [6, 6.07) is 11.6. The van der Waals surface area contributed by atoms with E-state index in [4.69, 9.17) is 16.3 Å². The number of piperazine rings is 1. The molecule has 8 heteroatoms. The largest absolute Gasteiger partial charge is 0.452 e. The van der Waals surface area contributed by atoms with Crippen LogP contribution in [0.5, 0.6) is 0 Å². The van der Waals surface area contributed by atoms with Gasteiger partial charge < -0.3 is 19.9 Å². The predicted molar refractivity (Wildman–Crippen MR) is 111 cm³/mol. The number of hydrogen-bond donors (Lipinski definition) is 1. The molecule has 1 aromatic heterocycles. The Balaban J connectivity index is 1.23. The van der Waals surface area contributed by atoms with Gasteiger partial charge in [-0.2, -0.15) is 0 Å². The monoisotopic (exact) mass is 414 g/mol. The van der Waals surface area contributed by atoms with E-state index in [1.54, 1.807) is 17.0 Å². The Morgan fingerprint density at radius 1 is 1.14 bits per heavy atom. The zero-order valence-electron chi connectivity index (χ0n) is 16.0. The molecule has 1 N–H and O–H groups in total. The number of nitrogens with zero attached hydrogens (tertiary/aromatic N) is 3. The summed E-state index contributed by atoms with van der Waals surface area (Å²) in [6.45, 7) is 2.30. The van der Waals surface area contributed by atoms with Crippen molar-refractivity contribution < 1.29 is 14.3 Å². The molecule has 1 aliphatic heterocycles. The molecule has 1 aromatic carbocycles. The van der Waals surface area contributed by atoms with E-state index in [2.05, 4.69) is 15.2 Å². The standard InChI is InChI=1S/C21H23ClN4O3/c22-16-2-1-3-18(12-16)25-8-10-26(11-9-25)20(27)14-29-21(28)15-4-7-19(23-13-15)24-17-5-6-17/h1-4,7,12-13,17H,5-6,8-11,14H2,(H,23,24). The molecular formula is C21H23ClN4O3. The van der Waals surface area contributed by atoms with Crippen molar-refractivity contribution in [2.75, 3.05) is 43.0 Å². The number of esters is 1. The van der Waals surface area contributed by atoms with E-state index in [1.165, 1.54) is 6.20 Å². The van der Waals surface area contributed by atoms with Gasteiger partial charge in [0.25, 0.3) is 5.91 Å². The van der Waals surface area contributed by atoms with Crippen LogP contribution in [0.4, 0.5) is 11.5 Å². The zero-order valence-corrected chi connectivity index (χ0v) is 16.8. The topological polar surface area (TPSA) is 74.8 Å². The Bertz CT molecular complexity index is 878. The first-order valence-corrected chi connectivity index (χ1v) is 10.1. The van der Waals surface area contributed by atoms with Gasteiger partial charge in [-0.1, -0.05) is 17.7 Å². The van der Waals surface area contributed by atoms with Crippen molar-refractivity contribution in [2.24, 2.45) is 0 Å². The first-order chi connectivity index (χ1) is 14.1. The number of rotatable bonds is 6. The van der Waals surface area contributed by atoms with E-state index >= 15 is 0 Å². The first-order valence-electron chi connectivity index (χ1n) is 9.76. The van der Waals surface area contributed by atoms with Gasteiger partial charge in [0.1, 0.15) is 5.82 Å². The molecule has 7 nitrogen and oxygen atoms in total. The first kappa shape index (κ1) is 19.5. The van der Waals surface area contributed by atoms with Crippen LogP contribution in [0.25, 0.3) is 0 Å². The molecule has 0 unspecified atom stereocenters. The van der Waals surface area contributed by atoms with Crippen LogP contribution in [0.1, 0.15) is 23.2 Å². The lowest BCUT2D eigenvalue weighted by Gasteiger charge is -2.36. The third-order valence-electron chi connectivity index (χ3n) is 5.06. The lowest BCUT2D eigenvalue weighted by atomic mass is 10.2. The van der Waals surface area contributed by atoms with Crippen molar-refractivity contribution >= 4 is 35.0 Å². The molecule has 2 fully saturated rings. The summed E-state index contributed by atoms with van der Waals surface area (Å²) in [7, 11) is 0. The second kappa shape index (κ2) is 8.69. The summed E-state index contributed by atoms with van der Waals surface area (Å²) < 4.78 is 5.18. The van der Waals surface area contributed by atoms with Crippen LogP contribution in [0, 0.1) is 0 Å². The molecule has 0 spiro atoms. The highest BCUT2D eigenvalue weighted by Crippen LogP contribution is 2.23. The van der Waals surface area contributed by atoms with E-state index in [9.17, 15) is 9.59 Å². The SMILES string of the molecule is O=C(OCC(=O)N1CCN(c2cccc(Cl)c2)CC1)c1ccc(NC2CC2)nc1. The molecule has 2 heterocycles. The van der Waals surface area contributed by atoms with Gasteiger partial charge in [0.2, 0.25) is 0 Å². The number of hydrogen-bond acceptors (Lipinski definition) is 6. The number of anilines is 2. The highest BCUT2D eigenvalue weighted by Gasteiger charge is 2.23. The molecule has 2 aliphatic rings. The number of aromatic nitrogens is 1. The minimum atomic E-state index is -0.540. The summed E-state index contributed by atoms with van der Waals surface area (Å²) in [4.78, 5) is 32.7. The van der Waals surface area contributed by atoms with E-state index in [0.717, 1.165) is 24.3 Å². The lowest BCUT2D eigenvalue weighted by molar-refractivity contribution is -0.134. The van der Waals surface area contributed by atoms with Gasteiger partial charge >= 0.3 is 5.97 Å². The van der Waals surface area contributed by atoms with Gasteiger partial charge in [0, 0.05) is 49.1 Å². The molecule has 152 valence electrons. The number of pyridine rings is 1. The lowest BCUT2D eigenvalue weighted by Crippen LogP contribution is -2.49. The number of benzene rings is 1. The van der Waals surface area contributed by atoms with Gasteiger partial charge in [-0.25, -0.2) is 9.78 Å². The van der Waals surface area contributed by atoms with Crippen molar-refractivity contribution in [3.8, 4) is 0 Å². The molecule has 1 aliphatic carbocycles. The van der Waals surface area contributed by atoms with E-state index in [1.807, 2.05) is 24.3 Å². The van der Waals surface area contributed by atoms with Crippen molar-refractivity contribution in [1.82, 2.24) is 9.88 Å². The van der Waals surface area contributed by atoms with Crippen LogP contribution in [0.2, 0.25) is 5.02 Å². The number of carbonyl (C=O) groups excluding carboxylic acids is 2. The van der Waals surface area contributed by atoms with E-state index in [0.29, 0.717) is 42.8 Å². The van der Waals surface area contributed by atoms with E-state index < -0.39 is 5.97 Å². The maximum atomic E-state index is 12.4. The summed E-state index contributed by atoms with van der Waals surface area (Å²) in [5.41, 5.74) is 1.38. The Morgan fingerprint density at radius 2 is 1.93 bits per heavy atom. The fourth-order valence-corrected chi connectivity index (χ4v) is 3.41. The fourth-order valence-electron chi connectivity index (χ4n) is 3.23. The van der Waals surface area contributed by atoms with Crippen LogP contribution in [0.15, 0.2) is 42.6 Å². The van der Waals surface area contributed by atoms with Crippen molar-refractivity contribution in [3.63, 3.8) is 0 Å². The minimum absolute atomic E-state index is 0.191. The number of halogens is 1. The van der Waals surface area contributed by atoms with Gasteiger partial charge in [0.15, 0.2) is 6.61 Å². The number of carbonyl (C=O) groups is 2. The predicted octanol–water partition coefficient (Wildman–Crippen LogP) is 2.81. The van der Waals surface area contributed by atoms with E-state index in [-0.39, 0.29) is 12.5 Å². The Labute approximate surface area is 174 Å². The number of ether oxygens (including phenoxy) is 1. The summed E-state index contributed by atoms with van der Waals surface area (Å²) in [5.74, 6) is 0.0168. The van der Waals surface area contributed by atoms with Crippen LogP contribution >= 0.6 is 11.6 Å². The molecule has 1 saturated carbocycles. The van der Waals surface area contributed by atoms with Crippen LogP contribution in [-0.4, -0.2) is 60.6 Å². The molecular weight excluding hydrogens is 392 g/mol. The molecule has 29 heavy (non-hydrogen) atoms. The smallest absolute Gasteiger partial charge is 0.340 e. The third-order valence-corrected chi connectivity index (χ3v) is 5.30. The van der Waals surface area contributed by atoms with Gasteiger partial charge in [-0.05, 0) is 43.2 Å². The van der Waals surface area contributed by atoms with Crippen LogP contribution in [0.3, 0.4) is 0 Å². The Kier molecular flexibility index (Phi) is 5.85. The molecule has 1 saturated heterocycles. The molecule has 4 rings (SSSR count). The van der Waals surface area contributed by atoms with Crippen LogP contribution < -0.4 is 10.2 Å². The highest BCUT2D eigenvalue weighted by atomic mass is 35.5. The summed E-state index contributed by atoms with van der Waals surface area (Å²) in [5, 5.41) is 3.95. The second-order valence-electron chi connectivity index (χ2n) is 7.27.